The monoisotopic (exact) mass is 445 g/mol. The van der Waals surface area contributed by atoms with Crippen molar-refractivity contribution in [1.82, 2.24) is 20.9 Å². The number of H-pyrrole nitrogens is 1. The molecule has 0 saturated carbocycles. The molecule has 2 aromatic rings. The van der Waals surface area contributed by atoms with Crippen molar-refractivity contribution in [1.29, 1.82) is 0 Å². The summed E-state index contributed by atoms with van der Waals surface area (Å²) in [6.07, 6.45) is 2.09. The Hall–Kier alpha value is -3.40. The minimum atomic E-state index is -1.18. The Bertz CT molecular complexity index is 986. The number of carboxylic acids is 1. The topological polar surface area (TPSA) is 166 Å². The Balaban J connectivity index is 1.95. The van der Waals surface area contributed by atoms with E-state index in [-0.39, 0.29) is 12.3 Å². The van der Waals surface area contributed by atoms with Crippen molar-refractivity contribution in [2.24, 2.45) is 11.7 Å². The van der Waals surface area contributed by atoms with Gasteiger partial charge in [-0.05, 0) is 37.8 Å². The molecule has 1 heterocycles. The van der Waals surface area contributed by atoms with Crippen molar-refractivity contribution in [2.75, 3.05) is 0 Å². The number of amides is 3. The molecule has 7 N–H and O–H groups in total. The van der Waals surface area contributed by atoms with Gasteiger partial charge in [0.2, 0.25) is 17.7 Å². The van der Waals surface area contributed by atoms with Crippen LogP contribution >= 0.6 is 0 Å². The van der Waals surface area contributed by atoms with Crippen LogP contribution < -0.4 is 21.7 Å². The molecule has 32 heavy (non-hydrogen) atoms. The van der Waals surface area contributed by atoms with Gasteiger partial charge in [-0.25, -0.2) is 0 Å². The Kier molecular flexibility index (Phi) is 8.36. The number of hydrogen-bond acceptors (Lipinski definition) is 5. The first-order valence-corrected chi connectivity index (χ1v) is 10.5. The number of aromatic amines is 1. The summed E-state index contributed by atoms with van der Waals surface area (Å²) in [7, 11) is 0. The van der Waals surface area contributed by atoms with Gasteiger partial charge in [0.05, 0.1) is 6.04 Å². The van der Waals surface area contributed by atoms with Gasteiger partial charge in [-0.3, -0.25) is 19.2 Å². The molecule has 0 spiro atoms. The maximum absolute atomic E-state index is 12.6. The molecule has 1 aromatic heterocycles. The van der Waals surface area contributed by atoms with Crippen LogP contribution in [0.2, 0.25) is 0 Å². The van der Waals surface area contributed by atoms with Gasteiger partial charge >= 0.3 is 5.97 Å². The minimum absolute atomic E-state index is 0.286. The quantitative estimate of drug-likeness (QED) is 0.307. The normalized spacial score (nSPS) is 14.9. The number of nitrogens with two attached hydrogens (primary N) is 1. The summed E-state index contributed by atoms with van der Waals surface area (Å²) in [5.41, 5.74) is 7.89. The first-order valence-electron chi connectivity index (χ1n) is 10.5. The van der Waals surface area contributed by atoms with Crippen molar-refractivity contribution >= 4 is 34.6 Å². The van der Waals surface area contributed by atoms with Gasteiger partial charge in [-0.1, -0.05) is 32.0 Å². The van der Waals surface area contributed by atoms with Crippen LogP contribution in [0.4, 0.5) is 0 Å². The van der Waals surface area contributed by atoms with E-state index in [0.29, 0.717) is 0 Å². The summed E-state index contributed by atoms with van der Waals surface area (Å²) < 4.78 is 0. The smallest absolute Gasteiger partial charge is 0.325 e. The minimum Gasteiger partial charge on any atom is -0.480 e. The van der Waals surface area contributed by atoms with Gasteiger partial charge in [-0.2, -0.15) is 0 Å². The maximum Gasteiger partial charge on any atom is 0.325 e. The molecule has 0 aliphatic carbocycles. The van der Waals surface area contributed by atoms with Crippen LogP contribution in [0.3, 0.4) is 0 Å². The number of nitrogens with one attached hydrogen (secondary N) is 4. The Morgan fingerprint density at radius 1 is 0.938 bits per heavy atom. The molecule has 4 unspecified atom stereocenters. The third-order valence-electron chi connectivity index (χ3n) is 5.18. The Morgan fingerprint density at radius 3 is 2.19 bits per heavy atom. The molecule has 10 nitrogen and oxygen atoms in total. The predicted molar refractivity (Wildman–Crippen MR) is 120 cm³/mol. The van der Waals surface area contributed by atoms with Crippen molar-refractivity contribution in [3.63, 3.8) is 0 Å². The molecule has 0 fully saturated rings. The summed E-state index contributed by atoms with van der Waals surface area (Å²) in [6.45, 7) is 6.25. The van der Waals surface area contributed by atoms with Gasteiger partial charge in [0, 0.05) is 17.1 Å². The van der Waals surface area contributed by atoms with Crippen LogP contribution in [0.5, 0.6) is 0 Å². The molecule has 1 aromatic carbocycles. The Morgan fingerprint density at radius 2 is 1.56 bits per heavy atom. The highest BCUT2D eigenvalue weighted by atomic mass is 16.4. The third kappa shape index (κ3) is 6.30. The molecule has 0 aliphatic heterocycles. The van der Waals surface area contributed by atoms with E-state index in [1.807, 2.05) is 24.3 Å². The Labute approximate surface area is 186 Å². The van der Waals surface area contributed by atoms with E-state index in [9.17, 15) is 19.2 Å². The molecule has 0 aliphatic rings. The summed E-state index contributed by atoms with van der Waals surface area (Å²) in [4.78, 5) is 51.6. The third-order valence-corrected chi connectivity index (χ3v) is 5.18. The second-order valence-corrected chi connectivity index (χ2v) is 8.20. The fourth-order valence-electron chi connectivity index (χ4n) is 3.19. The first-order chi connectivity index (χ1) is 15.0. The molecule has 0 saturated heterocycles. The number of rotatable bonds is 10. The van der Waals surface area contributed by atoms with Crippen LogP contribution in [-0.2, 0) is 25.6 Å². The fourth-order valence-corrected chi connectivity index (χ4v) is 3.19. The zero-order valence-corrected chi connectivity index (χ0v) is 18.6. The number of fused-ring (bicyclic) bond motifs is 1. The largest absolute Gasteiger partial charge is 0.480 e. The van der Waals surface area contributed by atoms with Crippen molar-refractivity contribution < 1.29 is 24.3 Å². The molecule has 4 atom stereocenters. The lowest BCUT2D eigenvalue weighted by molar-refractivity contribution is -0.142. The summed E-state index contributed by atoms with van der Waals surface area (Å²) in [6, 6.07) is 3.80. The molecule has 3 amide bonds. The van der Waals surface area contributed by atoms with Crippen molar-refractivity contribution in [3.05, 3.63) is 36.0 Å². The number of hydrogen-bond donors (Lipinski definition) is 6. The maximum atomic E-state index is 12.6. The molecular formula is C22H31N5O5. The van der Waals surface area contributed by atoms with Gasteiger partial charge < -0.3 is 31.8 Å². The van der Waals surface area contributed by atoms with E-state index in [1.54, 1.807) is 20.0 Å². The number of benzene rings is 1. The van der Waals surface area contributed by atoms with Gasteiger partial charge in [0.1, 0.15) is 18.1 Å². The average molecular weight is 446 g/mol. The standard InChI is InChI=1S/C22H31N5O5/c1-11(2)18(21(30)26-13(4)22(31)32)27-19(28)12(3)25-20(29)16(23)9-14-10-24-17-8-6-5-7-15(14)17/h5-8,10-13,16,18,24H,9,23H2,1-4H3,(H,25,29)(H,26,30)(H,27,28)(H,31,32). The first kappa shape index (κ1) is 24.9. The highest BCUT2D eigenvalue weighted by molar-refractivity contribution is 5.94. The number of carbonyl (C=O) groups is 4. The lowest BCUT2D eigenvalue weighted by Crippen LogP contribution is -2.57. The van der Waals surface area contributed by atoms with Crippen LogP contribution in [0.1, 0.15) is 33.3 Å². The van der Waals surface area contributed by atoms with Crippen molar-refractivity contribution in [2.45, 2.75) is 58.3 Å². The van der Waals surface area contributed by atoms with E-state index >= 15 is 0 Å². The fraction of sp³-hybridized carbons (Fsp3) is 0.455. The van der Waals surface area contributed by atoms with Crippen molar-refractivity contribution in [3.8, 4) is 0 Å². The summed E-state index contributed by atoms with van der Waals surface area (Å²) in [5, 5.41) is 17.4. The summed E-state index contributed by atoms with van der Waals surface area (Å²) >= 11 is 0. The van der Waals surface area contributed by atoms with Crippen LogP contribution in [0.15, 0.2) is 30.5 Å². The second kappa shape index (κ2) is 10.8. The molecular weight excluding hydrogens is 414 g/mol. The predicted octanol–water partition coefficient (Wildman–Crippen LogP) is 0.273. The SMILES string of the molecule is CC(NC(=O)C(NC(=O)C(C)NC(=O)C(N)Cc1c[nH]c2ccccc12)C(C)C)C(=O)O. The zero-order valence-electron chi connectivity index (χ0n) is 18.6. The molecule has 174 valence electrons. The van der Waals surface area contributed by atoms with E-state index in [2.05, 4.69) is 20.9 Å². The van der Waals surface area contributed by atoms with Gasteiger partial charge in [0.25, 0.3) is 0 Å². The van der Waals surface area contributed by atoms with Gasteiger partial charge in [-0.15, -0.1) is 0 Å². The van der Waals surface area contributed by atoms with Crippen LogP contribution in [-0.4, -0.2) is 57.9 Å². The highest BCUT2D eigenvalue weighted by Gasteiger charge is 2.29. The molecule has 0 radical (unpaired) electrons. The number of aliphatic carboxylic acids is 1. The molecule has 0 bridgehead atoms. The van der Waals surface area contributed by atoms with E-state index in [1.165, 1.54) is 13.8 Å². The lowest BCUT2D eigenvalue weighted by atomic mass is 10.0. The van der Waals surface area contributed by atoms with Gasteiger partial charge in [0.15, 0.2) is 0 Å². The number of aromatic nitrogens is 1. The summed E-state index contributed by atoms with van der Waals surface area (Å²) in [5.74, 6) is -3.17. The number of carboxylic acid groups (broad SMARTS) is 1. The lowest BCUT2D eigenvalue weighted by Gasteiger charge is -2.25. The average Bonchev–Trinajstić information content (AvgIpc) is 3.13. The molecule has 10 heteroatoms. The van der Waals surface area contributed by atoms with Crippen LogP contribution in [0, 0.1) is 5.92 Å². The number of para-hydroxylation sites is 1. The van der Waals surface area contributed by atoms with E-state index in [0.717, 1.165) is 16.5 Å². The van der Waals surface area contributed by atoms with E-state index in [4.69, 9.17) is 10.8 Å². The zero-order chi connectivity index (χ0) is 24.0. The molecule has 2 rings (SSSR count). The van der Waals surface area contributed by atoms with Crippen LogP contribution in [0.25, 0.3) is 10.9 Å². The highest BCUT2D eigenvalue weighted by Crippen LogP contribution is 2.18. The second-order valence-electron chi connectivity index (χ2n) is 8.20. The number of carbonyl (C=O) groups excluding carboxylic acids is 3. The van der Waals surface area contributed by atoms with E-state index < -0.39 is 47.9 Å².